The van der Waals surface area contributed by atoms with Crippen LogP contribution in [0.25, 0.3) is 22.2 Å². The largest absolute Gasteiger partial charge is 0.383 e. The average molecular weight is 307 g/mol. The van der Waals surface area contributed by atoms with Crippen molar-refractivity contribution in [1.29, 1.82) is 0 Å². The standard InChI is InChI=1S/C18H17N3O2/c1-23-11-13-6-8-17-20-16-10-12(15-4-2-3-9-19-15)5-7-14(16)18(22)21(13)17/h2-5,7,9-10,13H,6,8,11H2,1H3. The second-order valence-electron chi connectivity index (χ2n) is 5.80. The summed E-state index contributed by atoms with van der Waals surface area (Å²) in [5, 5.41) is 0.649. The SMILES string of the molecule is COCC1CCc2nc3cc(-c4ccccn4)ccc3c(=O)n21. The summed E-state index contributed by atoms with van der Waals surface area (Å²) in [4.78, 5) is 21.9. The lowest BCUT2D eigenvalue weighted by molar-refractivity contribution is 0.157. The minimum absolute atomic E-state index is 0.0251. The van der Waals surface area contributed by atoms with E-state index in [0.29, 0.717) is 12.0 Å². The Morgan fingerprint density at radius 3 is 3.00 bits per heavy atom. The number of benzene rings is 1. The number of ether oxygens (including phenoxy) is 1. The van der Waals surface area contributed by atoms with Crippen molar-refractivity contribution in [3.05, 3.63) is 58.8 Å². The van der Waals surface area contributed by atoms with Crippen LogP contribution in [0.4, 0.5) is 0 Å². The molecule has 0 fully saturated rings. The molecule has 3 heterocycles. The molecular formula is C18H17N3O2. The van der Waals surface area contributed by atoms with Crippen LogP contribution < -0.4 is 5.56 Å². The maximum atomic E-state index is 12.8. The van der Waals surface area contributed by atoms with Crippen molar-refractivity contribution >= 4 is 10.9 Å². The molecule has 5 nitrogen and oxygen atoms in total. The monoisotopic (exact) mass is 307 g/mol. The Labute approximate surface area is 133 Å². The van der Waals surface area contributed by atoms with Crippen LogP contribution in [0.15, 0.2) is 47.4 Å². The van der Waals surface area contributed by atoms with Crippen LogP contribution in [0.2, 0.25) is 0 Å². The number of hydrogen-bond acceptors (Lipinski definition) is 4. The quantitative estimate of drug-likeness (QED) is 0.746. The molecular weight excluding hydrogens is 290 g/mol. The third-order valence-electron chi connectivity index (χ3n) is 4.36. The molecule has 0 radical (unpaired) electrons. The van der Waals surface area contributed by atoms with Gasteiger partial charge in [0, 0.05) is 25.3 Å². The van der Waals surface area contributed by atoms with E-state index in [-0.39, 0.29) is 11.6 Å². The molecule has 1 aliphatic heterocycles. The summed E-state index contributed by atoms with van der Waals surface area (Å²) in [6.45, 7) is 0.548. The van der Waals surface area contributed by atoms with Gasteiger partial charge in [0.15, 0.2) is 0 Å². The average Bonchev–Trinajstić information content (AvgIpc) is 2.99. The molecule has 1 aromatic carbocycles. The third-order valence-corrected chi connectivity index (χ3v) is 4.36. The second kappa shape index (κ2) is 5.59. The van der Waals surface area contributed by atoms with Crippen molar-refractivity contribution in [1.82, 2.24) is 14.5 Å². The zero-order valence-corrected chi connectivity index (χ0v) is 12.9. The predicted octanol–water partition coefficient (Wildman–Crippen LogP) is 2.59. The summed E-state index contributed by atoms with van der Waals surface area (Å²) in [6.07, 6.45) is 3.48. The molecule has 0 saturated carbocycles. The first-order valence-corrected chi connectivity index (χ1v) is 7.73. The van der Waals surface area contributed by atoms with E-state index in [1.165, 1.54) is 0 Å². The van der Waals surface area contributed by atoms with Gasteiger partial charge in [0.2, 0.25) is 0 Å². The van der Waals surface area contributed by atoms with E-state index in [1.54, 1.807) is 17.9 Å². The van der Waals surface area contributed by atoms with Gasteiger partial charge < -0.3 is 4.74 Å². The van der Waals surface area contributed by atoms with Gasteiger partial charge in [-0.2, -0.15) is 0 Å². The number of aromatic nitrogens is 3. The fourth-order valence-electron chi connectivity index (χ4n) is 3.27. The van der Waals surface area contributed by atoms with Crippen molar-refractivity contribution < 1.29 is 4.74 Å². The third kappa shape index (κ3) is 2.33. The molecule has 3 aromatic rings. The summed E-state index contributed by atoms with van der Waals surface area (Å²) in [5.41, 5.74) is 2.62. The second-order valence-corrected chi connectivity index (χ2v) is 5.80. The lowest BCUT2D eigenvalue weighted by atomic mass is 10.1. The molecule has 0 aliphatic carbocycles. The molecule has 23 heavy (non-hydrogen) atoms. The predicted molar refractivity (Wildman–Crippen MR) is 88.5 cm³/mol. The van der Waals surface area contributed by atoms with E-state index in [4.69, 9.17) is 9.72 Å². The molecule has 0 bridgehead atoms. The maximum Gasteiger partial charge on any atom is 0.261 e. The summed E-state index contributed by atoms with van der Waals surface area (Å²) >= 11 is 0. The number of fused-ring (bicyclic) bond motifs is 2. The molecule has 4 rings (SSSR count). The van der Waals surface area contributed by atoms with Gasteiger partial charge in [-0.05, 0) is 30.7 Å². The number of pyridine rings is 1. The van der Waals surface area contributed by atoms with Gasteiger partial charge in [-0.3, -0.25) is 14.3 Å². The molecule has 1 aliphatic rings. The molecule has 0 saturated heterocycles. The lowest BCUT2D eigenvalue weighted by Gasteiger charge is -2.14. The van der Waals surface area contributed by atoms with Crippen LogP contribution in [-0.4, -0.2) is 28.3 Å². The Hall–Kier alpha value is -2.53. The zero-order chi connectivity index (χ0) is 15.8. The van der Waals surface area contributed by atoms with Gasteiger partial charge in [0.1, 0.15) is 5.82 Å². The highest BCUT2D eigenvalue weighted by molar-refractivity contribution is 5.83. The Morgan fingerprint density at radius 2 is 2.22 bits per heavy atom. The van der Waals surface area contributed by atoms with Crippen molar-refractivity contribution in [3.63, 3.8) is 0 Å². The summed E-state index contributed by atoms with van der Waals surface area (Å²) < 4.78 is 7.03. The van der Waals surface area contributed by atoms with Gasteiger partial charge in [-0.1, -0.05) is 12.1 Å². The Morgan fingerprint density at radius 1 is 1.30 bits per heavy atom. The molecule has 5 heteroatoms. The van der Waals surface area contributed by atoms with Crippen molar-refractivity contribution in [2.24, 2.45) is 0 Å². The molecule has 1 unspecified atom stereocenters. The highest BCUT2D eigenvalue weighted by Gasteiger charge is 2.25. The van der Waals surface area contributed by atoms with E-state index >= 15 is 0 Å². The van der Waals surface area contributed by atoms with Gasteiger partial charge >= 0.3 is 0 Å². The zero-order valence-electron chi connectivity index (χ0n) is 12.9. The Balaban J connectivity index is 1.87. The topological polar surface area (TPSA) is 57.0 Å². The number of hydrogen-bond donors (Lipinski definition) is 0. The van der Waals surface area contributed by atoms with Gasteiger partial charge in [0.25, 0.3) is 5.56 Å². The summed E-state index contributed by atoms with van der Waals surface area (Å²) in [5.74, 6) is 0.850. The number of nitrogens with zero attached hydrogens (tertiary/aromatic N) is 3. The van der Waals surface area contributed by atoms with Crippen LogP contribution in [-0.2, 0) is 11.2 Å². The molecule has 2 aromatic heterocycles. The van der Waals surface area contributed by atoms with Crippen LogP contribution in [0.5, 0.6) is 0 Å². The van der Waals surface area contributed by atoms with Crippen LogP contribution in [0.3, 0.4) is 0 Å². The molecule has 0 amide bonds. The van der Waals surface area contributed by atoms with E-state index in [1.807, 2.05) is 36.4 Å². The van der Waals surface area contributed by atoms with Crippen molar-refractivity contribution in [2.75, 3.05) is 13.7 Å². The fourth-order valence-corrected chi connectivity index (χ4v) is 3.27. The Kier molecular flexibility index (Phi) is 3.42. The van der Waals surface area contributed by atoms with Gasteiger partial charge in [0.05, 0.1) is 29.2 Å². The van der Waals surface area contributed by atoms with Crippen molar-refractivity contribution in [3.8, 4) is 11.3 Å². The molecule has 0 N–H and O–H groups in total. The molecule has 116 valence electrons. The maximum absolute atomic E-state index is 12.8. The minimum atomic E-state index is 0.0251. The normalized spacial score (nSPS) is 16.7. The smallest absolute Gasteiger partial charge is 0.261 e. The summed E-state index contributed by atoms with van der Waals surface area (Å²) in [6, 6.07) is 11.6. The Bertz CT molecular complexity index is 919. The van der Waals surface area contributed by atoms with Crippen LogP contribution in [0.1, 0.15) is 18.3 Å². The number of methoxy groups -OCH3 is 1. The first kappa shape index (κ1) is 14.1. The molecule has 0 spiro atoms. The van der Waals surface area contributed by atoms with Crippen molar-refractivity contribution in [2.45, 2.75) is 18.9 Å². The summed E-state index contributed by atoms with van der Waals surface area (Å²) in [7, 11) is 1.66. The number of aryl methyl sites for hydroxylation is 1. The van der Waals surface area contributed by atoms with E-state index in [9.17, 15) is 4.79 Å². The van der Waals surface area contributed by atoms with Crippen LogP contribution in [0, 0.1) is 0 Å². The number of rotatable bonds is 3. The highest BCUT2D eigenvalue weighted by Crippen LogP contribution is 2.26. The molecule has 1 atom stereocenters. The highest BCUT2D eigenvalue weighted by atomic mass is 16.5. The lowest BCUT2D eigenvalue weighted by Crippen LogP contribution is -2.26. The van der Waals surface area contributed by atoms with E-state index < -0.39 is 0 Å². The van der Waals surface area contributed by atoms with Crippen LogP contribution >= 0.6 is 0 Å². The minimum Gasteiger partial charge on any atom is -0.383 e. The first-order valence-electron chi connectivity index (χ1n) is 7.73. The van der Waals surface area contributed by atoms with Gasteiger partial charge in [-0.15, -0.1) is 0 Å². The van der Waals surface area contributed by atoms with Gasteiger partial charge in [-0.25, -0.2) is 4.98 Å². The fraction of sp³-hybridized carbons (Fsp3) is 0.278. The van der Waals surface area contributed by atoms with E-state index in [0.717, 1.165) is 35.4 Å². The first-order chi connectivity index (χ1) is 11.3. The van der Waals surface area contributed by atoms with E-state index in [2.05, 4.69) is 4.98 Å².